The molecule has 2 heterocycles. The molecule has 3 atom stereocenters. The molecule has 2 aromatic carbocycles. The van der Waals surface area contributed by atoms with Crippen molar-refractivity contribution in [3.63, 3.8) is 0 Å². The number of nitrogens with zero attached hydrogens (tertiary/aromatic N) is 5. The largest absolute Gasteiger partial charge is 0.494 e. The number of hydrogen-bond acceptors (Lipinski definition) is 7. The van der Waals surface area contributed by atoms with Gasteiger partial charge in [0.1, 0.15) is 11.8 Å². The topological polar surface area (TPSA) is 149 Å². The van der Waals surface area contributed by atoms with Crippen molar-refractivity contribution in [2.75, 3.05) is 13.2 Å². The quantitative estimate of drug-likeness (QED) is 0.528. The van der Waals surface area contributed by atoms with E-state index in [1.165, 1.54) is 12.1 Å². The lowest BCUT2D eigenvalue weighted by Crippen LogP contribution is -2.36. The summed E-state index contributed by atoms with van der Waals surface area (Å²) < 4.78 is 35.1. The van der Waals surface area contributed by atoms with Crippen LogP contribution in [-0.4, -0.2) is 52.8 Å². The van der Waals surface area contributed by atoms with Gasteiger partial charge in [-0.15, -0.1) is 0 Å². The Morgan fingerprint density at radius 3 is 2.54 bits per heavy atom. The normalized spacial score (nSPS) is 20.4. The van der Waals surface area contributed by atoms with Crippen molar-refractivity contribution in [2.24, 2.45) is 5.92 Å². The van der Waals surface area contributed by atoms with Crippen LogP contribution in [0.3, 0.4) is 0 Å². The maximum absolute atomic E-state index is 13.5. The molecule has 180 valence electrons. The minimum absolute atomic E-state index is 0.0327. The predicted molar refractivity (Wildman–Crippen MR) is 125 cm³/mol. The molecule has 35 heavy (non-hydrogen) atoms. The maximum atomic E-state index is 13.5. The summed E-state index contributed by atoms with van der Waals surface area (Å²) in [5, 5.41) is 33.6. The lowest BCUT2D eigenvalue weighted by molar-refractivity contribution is -0.136. The molecule has 11 heteroatoms. The third-order valence-electron chi connectivity index (χ3n) is 6.20. The van der Waals surface area contributed by atoms with Crippen LogP contribution >= 0.6 is 0 Å². The van der Waals surface area contributed by atoms with Gasteiger partial charge in [0.25, 0.3) is 0 Å². The van der Waals surface area contributed by atoms with Crippen LogP contribution in [0.2, 0.25) is 0 Å². The Balaban J connectivity index is 1.77. The number of fused-ring (bicyclic) bond motifs is 1. The van der Waals surface area contributed by atoms with Crippen LogP contribution in [0.1, 0.15) is 31.1 Å². The summed E-state index contributed by atoms with van der Waals surface area (Å²) in [4.78, 5) is 11.4. The summed E-state index contributed by atoms with van der Waals surface area (Å²) in [6.45, 7) is 4.01. The Morgan fingerprint density at radius 2 is 1.94 bits per heavy atom. The molecule has 1 fully saturated rings. The van der Waals surface area contributed by atoms with E-state index < -0.39 is 34.0 Å². The van der Waals surface area contributed by atoms with Gasteiger partial charge < -0.3 is 9.84 Å². The van der Waals surface area contributed by atoms with Crippen LogP contribution in [-0.2, 0) is 21.2 Å². The summed E-state index contributed by atoms with van der Waals surface area (Å²) in [5.41, 5.74) is 1.20. The first kappa shape index (κ1) is 24.2. The van der Waals surface area contributed by atoms with Crippen molar-refractivity contribution >= 4 is 26.9 Å². The molecule has 0 unspecified atom stereocenters. The number of carboxylic acid groups (broad SMARTS) is 1. The zero-order chi connectivity index (χ0) is 25.3. The highest BCUT2D eigenvalue weighted by molar-refractivity contribution is 7.89. The van der Waals surface area contributed by atoms with Gasteiger partial charge in [0.2, 0.25) is 10.0 Å². The molecule has 0 aliphatic carbocycles. The summed E-state index contributed by atoms with van der Waals surface area (Å²) in [5.74, 6) is -0.975. The number of carbonyl (C=O) groups is 1. The number of sulfonamides is 1. The van der Waals surface area contributed by atoms with Gasteiger partial charge in [-0.2, -0.15) is 19.9 Å². The molecule has 1 aliphatic rings. The SMILES string of the molecule is CCOc1ccc(S(=O)(=O)N2C[C@H](n3nc(CC(=O)O)c4ccc(C#N)cc43)[C@H](C)[C@@H]2C#N)cc1. The molecule has 4 rings (SSSR count). The van der Waals surface area contributed by atoms with Gasteiger partial charge in [-0.25, -0.2) is 8.42 Å². The van der Waals surface area contributed by atoms with Crippen molar-refractivity contribution in [2.45, 2.75) is 37.2 Å². The number of carboxylic acids is 1. The maximum Gasteiger partial charge on any atom is 0.309 e. The van der Waals surface area contributed by atoms with Crippen LogP contribution in [0.4, 0.5) is 0 Å². The predicted octanol–water partition coefficient (Wildman–Crippen LogP) is 2.71. The molecule has 1 saturated heterocycles. The van der Waals surface area contributed by atoms with Crippen LogP contribution in [0.15, 0.2) is 47.4 Å². The summed E-state index contributed by atoms with van der Waals surface area (Å²) in [6, 6.07) is 13.5. The van der Waals surface area contributed by atoms with E-state index in [1.807, 2.05) is 6.92 Å². The first-order valence-corrected chi connectivity index (χ1v) is 12.4. The Hall–Kier alpha value is -3.93. The average molecular weight is 494 g/mol. The van der Waals surface area contributed by atoms with E-state index in [9.17, 15) is 28.8 Å². The number of hydrogen-bond donors (Lipinski definition) is 1. The highest BCUT2D eigenvalue weighted by Crippen LogP contribution is 2.39. The molecule has 1 aromatic heterocycles. The number of nitriles is 2. The Kier molecular flexibility index (Phi) is 6.48. The van der Waals surface area contributed by atoms with E-state index in [-0.39, 0.29) is 17.9 Å². The molecule has 0 saturated carbocycles. The highest BCUT2D eigenvalue weighted by atomic mass is 32.2. The second kappa shape index (κ2) is 9.37. The van der Waals surface area contributed by atoms with Gasteiger partial charge in [0.05, 0.1) is 52.9 Å². The fraction of sp³-hybridized carbons (Fsp3) is 0.333. The van der Waals surface area contributed by atoms with Gasteiger partial charge >= 0.3 is 5.97 Å². The van der Waals surface area contributed by atoms with E-state index in [4.69, 9.17) is 4.74 Å². The minimum atomic E-state index is -4.02. The van der Waals surface area contributed by atoms with Crippen LogP contribution < -0.4 is 4.74 Å². The van der Waals surface area contributed by atoms with E-state index in [2.05, 4.69) is 17.2 Å². The van der Waals surface area contributed by atoms with Crippen molar-refractivity contribution in [1.82, 2.24) is 14.1 Å². The van der Waals surface area contributed by atoms with Crippen molar-refractivity contribution < 1.29 is 23.1 Å². The third kappa shape index (κ3) is 4.32. The summed E-state index contributed by atoms with van der Waals surface area (Å²) >= 11 is 0. The summed E-state index contributed by atoms with van der Waals surface area (Å²) in [7, 11) is -4.02. The molecule has 0 spiro atoms. The molecular formula is C24H23N5O5S. The second-order valence-corrected chi connectivity index (χ2v) is 10.2. The smallest absolute Gasteiger partial charge is 0.309 e. The van der Waals surface area contributed by atoms with Gasteiger partial charge in [0.15, 0.2) is 0 Å². The number of ether oxygens (including phenoxy) is 1. The number of aromatic nitrogens is 2. The van der Waals surface area contributed by atoms with E-state index >= 15 is 0 Å². The van der Waals surface area contributed by atoms with E-state index in [0.717, 1.165) is 4.31 Å². The highest BCUT2D eigenvalue weighted by Gasteiger charge is 2.47. The van der Waals surface area contributed by atoms with E-state index in [1.54, 1.807) is 41.9 Å². The number of rotatable bonds is 7. The Morgan fingerprint density at radius 1 is 1.23 bits per heavy atom. The molecular weight excluding hydrogens is 470 g/mol. The molecule has 10 nitrogen and oxygen atoms in total. The van der Waals surface area contributed by atoms with Crippen LogP contribution in [0, 0.1) is 28.6 Å². The lowest BCUT2D eigenvalue weighted by atomic mass is 9.99. The number of benzene rings is 2. The van der Waals surface area contributed by atoms with Crippen molar-refractivity contribution in [3.8, 4) is 17.9 Å². The molecule has 3 aromatic rings. The Bertz CT molecular complexity index is 1470. The zero-order valence-corrected chi connectivity index (χ0v) is 19.9. The first-order chi connectivity index (χ1) is 16.7. The van der Waals surface area contributed by atoms with E-state index in [0.29, 0.717) is 34.5 Å². The standard InChI is InChI=1S/C24H23N5O5S/c1-3-34-17-5-7-18(8-6-17)35(32,33)28-14-23(15(2)22(28)13-26)29-21-10-16(12-25)4-9-19(21)20(27-29)11-24(30)31/h4-10,15,22-23H,3,11,14H2,1-2H3,(H,30,31)/t15-,22+,23+/m1/s1. The van der Waals surface area contributed by atoms with Crippen molar-refractivity contribution in [1.29, 1.82) is 10.5 Å². The minimum Gasteiger partial charge on any atom is -0.494 e. The van der Waals surface area contributed by atoms with Gasteiger partial charge in [0, 0.05) is 17.8 Å². The summed E-state index contributed by atoms with van der Waals surface area (Å²) in [6.07, 6.45) is -0.327. The lowest BCUT2D eigenvalue weighted by Gasteiger charge is -2.20. The fourth-order valence-corrected chi connectivity index (χ4v) is 6.11. The van der Waals surface area contributed by atoms with Crippen molar-refractivity contribution in [3.05, 3.63) is 53.7 Å². The number of aliphatic carboxylic acids is 1. The molecule has 0 bridgehead atoms. The first-order valence-electron chi connectivity index (χ1n) is 11.0. The monoisotopic (exact) mass is 493 g/mol. The Labute approximate surface area is 202 Å². The average Bonchev–Trinajstić information content (AvgIpc) is 3.36. The van der Waals surface area contributed by atoms with Crippen LogP contribution in [0.25, 0.3) is 10.9 Å². The van der Waals surface area contributed by atoms with Crippen LogP contribution in [0.5, 0.6) is 5.75 Å². The zero-order valence-electron chi connectivity index (χ0n) is 19.1. The fourth-order valence-electron chi connectivity index (χ4n) is 4.48. The third-order valence-corrected chi connectivity index (χ3v) is 8.06. The molecule has 1 N–H and O–H groups in total. The van der Waals surface area contributed by atoms with Gasteiger partial charge in [-0.3, -0.25) is 9.48 Å². The molecule has 0 radical (unpaired) electrons. The second-order valence-electron chi connectivity index (χ2n) is 8.29. The molecule has 1 aliphatic heterocycles. The molecule has 0 amide bonds. The van der Waals surface area contributed by atoms with Gasteiger partial charge in [-0.1, -0.05) is 6.92 Å². The van der Waals surface area contributed by atoms with Gasteiger partial charge in [-0.05, 0) is 49.4 Å².